The van der Waals surface area contributed by atoms with Gasteiger partial charge < -0.3 is 0 Å². The number of pyridine rings is 8. The molecule has 0 amide bonds. The molecule has 19 aromatic rings. The fourth-order valence-corrected chi connectivity index (χ4v) is 17.4. The van der Waals surface area contributed by atoms with Crippen LogP contribution in [0.4, 0.5) is 0 Å². The van der Waals surface area contributed by atoms with Crippen LogP contribution in [0.2, 0.25) is 0 Å². The van der Waals surface area contributed by atoms with E-state index in [0.717, 1.165) is 202 Å². The standard InChI is InChI=1S/C120H100N10/c1-117(2,3)95-53-61-121-107(71-95)79-37-45-85(46-38-79)113-103(25-17-57-125-113)91-65-89(66-92(69-91)104-26-18-58-126-114(104)86-47-39-80(40-48-86)108-72-96(54-62-122-108)118(4,5)6)101-23-15-13-21-99(101)77-29-33-83(34-30-77)111-75-112(130-76-129-111)84-35-31-78(32-36-84)100-22-14-16-24-102(100)90-67-93(105-27-19-59-127-115(105)87-49-41-81(42-50-87)109-73-97(55-63-123-109)119(7,8)9)70-94(68-90)106-28-20-60-128-116(106)88-51-43-82(44-52-88)110-74-98(56-64-124-110)120(10,11)12/h13-76H,1-12H3. The Morgan fingerprint density at radius 2 is 0.323 bits per heavy atom. The predicted molar refractivity (Wildman–Crippen MR) is 537 cm³/mol. The van der Waals surface area contributed by atoms with Gasteiger partial charge in [-0.25, -0.2) is 9.97 Å². The molecule has 0 saturated carbocycles. The van der Waals surface area contributed by atoms with E-state index in [9.17, 15) is 0 Å². The van der Waals surface area contributed by atoms with Crippen molar-refractivity contribution in [2.24, 2.45) is 0 Å². The first-order chi connectivity index (χ1) is 62.9. The van der Waals surface area contributed by atoms with Crippen LogP contribution in [0.15, 0.2) is 390 Å². The van der Waals surface area contributed by atoms with Crippen molar-refractivity contribution in [3.8, 4) is 202 Å². The first-order valence-corrected chi connectivity index (χ1v) is 44.6. The van der Waals surface area contributed by atoms with Crippen molar-refractivity contribution in [1.29, 1.82) is 0 Å². The maximum Gasteiger partial charge on any atom is 0.116 e. The number of rotatable bonds is 18. The summed E-state index contributed by atoms with van der Waals surface area (Å²) in [5.74, 6) is 0. The van der Waals surface area contributed by atoms with Crippen molar-refractivity contribution in [2.75, 3.05) is 0 Å². The number of aromatic nitrogens is 10. The molecule has 19 rings (SSSR count). The molecule has 0 bridgehead atoms. The Morgan fingerprint density at radius 3 is 0.546 bits per heavy atom. The van der Waals surface area contributed by atoms with E-state index in [1.807, 2.05) is 73.8 Å². The van der Waals surface area contributed by atoms with E-state index < -0.39 is 0 Å². The summed E-state index contributed by atoms with van der Waals surface area (Å²) in [6.07, 6.45) is 16.9. The van der Waals surface area contributed by atoms with E-state index in [0.29, 0.717) is 0 Å². The second kappa shape index (κ2) is 35.0. The van der Waals surface area contributed by atoms with Crippen LogP contribution in [0, 0.1) is 0 Å². The van der Waals surface area contributed by atoms with Crippen molar-refractivity contribution in [3.05, 3.63) is 412 Å². The molecule has 0 radical (unpaired) electrons. The average molecular weight is 1680 g/mol. The smallest absolute Gasteiger partial charge is 0.116 e. The van der Waals surface area contributed by atoms with Gasteiger partial charge in [0.2, 0.25) is 0 Å². The highest BCUT2D eigenvalue weighted by Gasteiger charge is 2.25. The average Bonchev–Trinajstić information content (AvgIpc) is 0.767. The minimum absolute atomic E-state index is 0.0145. The Hall–Kier alpha value is -15.5. The van der Waals surface area contributed by atoms with Crippen LogP contribution in [0.25, 0.3) is 202 Å². The number of benzene rings is 10. The van der Waals surface area contributed by atoms with E-state index in [2.05, 4.69) is 392 Å². The minimum Gasteiger partial charge on any atom is -0.256 e. The molecule has 0 saturated heterocycles. The van der Waals surface area contributed by atoms with Gasteiger partial charge in [0.1, 0.15) is 6.33 Å². The maximum atomic E-state index is 5.15. The molecule has 9 aromatic heterocycles. The van der Waals surface area contributed by atoms with Gasteiger partial charge in [0.05, 0.1) is 56.9 Å². The molecular weight excluding hydrogens is 1580 g/mol. The Balaban J connectivity index is 0.644. The lowest BCUT2D eigenvalue weighted by Crippen LogP contribution is -2.11. The first kappa shape index (κ1) is 84.0. The number of hydrogen-bond donors (Lipinski definition) is 0. The fourth-order valence-electron chi connectivity index (χ4n) is 17.4. The van der Waals surface area contributed by atoms with E-state index >= 15 is 0 Å². The highest BCUT2D eigenvalue weighted by molar-refractivity contribution is 5.96. The summed E-state index contributed by atoms with van der Waals surface area (Å²) in [6.45, 7) is 26.8. The van der Waals surface area contributed by atoms with Crippen molar-refractivity contribution in [2.45, 2.75) is 105 Å². The zero-order valence-corrected chi connectivity index (χ0v) is 75.4. The summed E-state index contributed by atoms with van der Waals surface area (Å²) in [7, 11) is 0. The Labute approximate surface area is 762 Å². The molecule has 630 valence electrons. The highest BCUT2D eigenvalue weighted by Crippen LogP contribution is 2.47. The van der Waals surface area contributed by atoms with Gasteiger partial charge in [-0.1, -0.05) is 301 Å². The van der Waals surface area contributed by atoms with Crippen molar-refractivity contribution < 1.29 is 0 Å². The summed E-state index contributed by atoms with van der Waals surface area (Å²) in [4.78, 5) is 49.7. The van der Waals surface area contributed by atoms with Crippen LogP contribution >= 0.6 is 0 Å². The van der Waals surface area contributed by atoms with Gasteiger partial charge in [-0.3, -0.25) is 39.9 Å². The summed E-state index contributed by atoms with van der Waals surface area (Å²) in [6, 6.07) is 120. The molecule has 0 spiro atoms. The largest absolute Gasteiger partial charge is 0.256 e. The summed E-state index contributed by atoms with van der Waals surface area (Å²) < 4.78 is 0. The summed E-state index contributed by atoms with van der Waals surface area (Å²) >= 11 is 0. The molecular formula is C120H100N10. The molecule has 9 heterocycles. The van der Waals surface area contributed by atoms with E-state index in [4.69, 9.17) is 49.8 Å². The lowest BCUT2D eigenvalue weighted by atomic mass is 9.86. The third-order valence-corrected chi connectivity index (χ3v) is 24.8. The molecule has 10 nitrogen and oxygen atoms in total. The molecule has 0 atom stereocenters. The van der Waals surface area contributed by atoms with Gasteiger partial charge >= 0.3 is 0 Å². The third-order valence-electron chi connectivity index (χ3n) is 24.8. The van der Waals surface area contributed by atoms with Crippen molar-refractivity contribution in [1.82, 2.24) is 49.8 Å². The van der Waals surface area contributed by atoms with Crippen LogP contribution in [-0.2, 0) is 21.7 Å². The van der Waals surface area contributed by atoms with Gasteiger partial charge in [-0.2, -0.15) is 0 Å². The molecule has 0 aliphatic carbocycles. The lowest BCUT2D eigenvalue weighted by Gasteiger charge is -2.19. The molecule has 10 heteroatoms. The fraction of sp³-hybridized carbons (Fsp3) is 0.133. The maximum absolute atomic E-state index is 5.15. The van der Waals surface area contributed by atoms with Crippen molar-refractivity contribution in [3.63, 3.8) is 0 Å². The van der Waals surface area contributed by atoms with Crippen LogP contribution in [0.1, 0.15) is 105 Å². The first-order valence-electron chi connectivity index (χ1n) is 44.6. The highest BCUT2D eigenvalue weighted by atomic mass is 14.8. The molecule has 130 heavy (non-hydrogen) atoms. The van der Waals surface area contributed by atoms with E-state index in [-0.39, 0.29) is 21.7 Å². The van der Waals surface area contributed by atoms with E-state index in [1.165, 1.54) is 22.3 Å². The normalized spacial score (nSPS) is 11.8. The predicted octanol–water partition coefficient (Wildman–Crippen LogP) is 30.8. The quantitative estimate of drug-likeness (QED) is 0.0819. The van der Waals surface area contributed by atoms with Gasteiger partial charge in [0, 0.05) is 127 Å². The topological polar surface area (TPSA) is 129 Å². The Bertz CT molecular complexity index is 6630. The molecule has 10 aromatic carbocycles. The van der Waals surface area contributed by atoms with Crippen LogP contribution < -0.4 is 0 Å². The lowest BCUT2D eigenvalue weighted by molar-refractivity contribution is 0.589. The van der Waals surface area contributed by atoms with Crippen LogP contribution in [0.3, 0.4) is 0 Å². The second-order valence-electron chi connectivity index (χ2n) is 37.8. The van der Waals surface area contributed by atoms with E-state index in [1.54, 1.807) is 6.33 Å². The SMILES string of the molecule is CC(C)(C)c1ccnc(-c2ccc(-c3ncccc3-c3cc(-c4ccccc4-c4ccc(-c5cc(-c6ccc(-c7ccccc7-c7cc(-c8cccnc8-c8ccc(-c9cc(C(C)(C)C)ccn9)cc8)cc(-c8cccnc8-c8ccc(-c9cc(C(C)(C)C)ccn9)cc8)c7)cc6)ncn5)cc4)cc(-c4cccnc4-c4ccc(-c5cc(C(C)(C)C)ccn5)cc4)c3)cc2)c1. The zero-order valence-electron chi connectivity index (χ0n) is 75.4. The second-order valence-corrected chi connectivity index (χ2v) is 37.8. The third kappa shape index (κ3) is 17.8. The Morgan fingerprint density at radius 1 is 0.138 bits per heavy atom. The van der Waals surface area contributed by atoms with Crippen LogP contribution in [0.5, 0.6) is 0 Å². The van der Waals surface area contributed by atoms with Crippen LogP contribution in [-0.4, -0.2) is 49.8 Å². The molecule has 0 N–H and O–H groups in total. The molecule has 0 aliphatic rings. The zero-order chi connectivity index (χ0) is 89.4. The summed E-state index contributed by atoms with van der Waals surface area (Å²) in [5.41, 5.74) is 40.6. The number of nitrogens with zero attached hydrogens (tertiary/aromatic N) is 10. The van der Waals surface area contributed by atoms with Gasteiger partial charge in [0.25, 0.3) is 0 Å². The summed E-state index contributed by atoms with van der Waals surface area (Å²) in [5, 5.41) is 0. The molecule has 0 aliphatic heterocycles. The van der Waals surface area contributed by atoms with Gasteiger partial charge in [0.15, 0.2) is 0 Å². The monoisotopic (exact) mass is 1680 g/mol. The van der Waals surface area contributed by atoms with Crippen molar-refractivity contribution >= 4 is 0 Å². The van der Waals surface area contributed by atoms with Gasteiger partial charge in [-0.05, 0) is 226 Å². The molecule has 0 fully saturated rings. The van der Waals surface area contributed by atoms with Gasteiger partial charge in [-0.15, -0.1) is 0 Å². The number of hydrogen-bond acceptors (Lipinski definition) is 10. The Kier molecular flexibility index (Phi) is 22.6. The minimum atomic E-state index is -0.0145. The molecule has 0 unspecified atom stereocenters.